The molecule has 2 aromatic rings. The first-order valence-electron chi connectivity index (χ1n) is 12.9. The van der Waals surface area contributed by atoms with Gasteiger partial charge in [0.2, 0.25) is 0 Å². The van der Waals surface area contributed by atoms with Gasteiger partial charge in [-0.15, -0.1) is 0 Å². The van der Waals surface area contributed by atoms with E-state index < -0.39 is 0 Å². The molecule has 1 saturated heterocycles. The summed E-state index contributed by atoms with van der Waals surface area (Å²) in [5.74, 6) is 1.93. The summed E-state index contributed by atoms with van der Waals surface area (Å²) in [7, 11) is 3.77. The first kappa shape index (κ1) is 24.0. The van der Waals surface area contributed by atoms with Crippen LogP contribution in [0.1, 0.15) is 72.0 Å². The zero-order valence-electron chi connectivity index (χ0n) is 21.0. The molecule has 3 aliphatic rings. The highest BCUT2D eigenvalue weighted by atomic mass is 16.5. The van der Waals surface area contributed by atoms with Gasteiger partial charge in [0.05, 0.1) is 31.6 Å². The van der Waals surface area contributed by atoms with E-state index in [0.29, 0.717) is 18.8 Å². The van der Waals surface area contributed by atoms with Crippen molar-refractivity contribution in [1.82, 2.24) is 4.90 Å². The number of hydrogen-bond acceptors (Lipinski definition) is 6. The number of nitrogens with zero attached hydrogens (tertiary/aromatic N) is 2. The van der Waals surface area contributed by atoms with Gasteiger partial charge < -0.3 is 19.5 Å². The zero-order valence-corrected chi connectivity index (χ0v) is 21.0. The van der Waals surface area contributed by atoms with Crippen LogP contribution in [0, 0.1) is 5.92 Å². The van der Waals surface area contributed by atoms with Gasteiger partial charge in [0.1, 0.15) is 0 Å². The van der Waals surface area contributed by atoms with Gasteiger partial charge in [-0.1, -0.05) is 24.3 Å². The van der Waals surface area contributed by atoms with E-state index in [0.717, 1.165) is 72.5 Å². The van der Waals surface area contributed by atoms with Gasteiger partial charge >= 0.3 is 0 Å². The highest BCUT2D eigenvalue weighted by Crippen LogP contribution is 2.45. The smallest absolute Gasteiger partial charge is 0.166 e. The quantitative estimate of drug-likeness (QED) is 0.623. The van der Waals surface area contributed by atoms with E-state index in [4.69, 9.17) is 14.5 Å². The lowest BCUT2D eigenvalue weighted by molar-refractivity contribution is 0.0856. The van der Waals surface area contributed by atoms with Crippen LogP contribution in [0.5, 0.6) is 11.5 Å². The van der Waals surface area contributed by atoms with Gasteiger partial charge in [-0.2, -0.15) is 0 Å². The number of carbonyl (C=O) groups is 1. The zero-order chi connectivity index (χ0) is 24.5. The lowest BCUT2D eigenvalue weighted by atomic mass is 9.74. The Morgan fingerprint density at radius 3 is 2.51 bits per heavy atom. The number of rotatable bonds is 6. The van der Waals surface area contributed by atoms with Gasteiger partial charge in [0.25, 0.3) is 0 Å². The van der Waals surface area contributed by atoms with Gasteiger partial charge in [-0.25, -0.2) is 0 Å². The lowest BCUT2D eigenvalue weighted by Crippen LogP contribution is -2.34. The summed E-state index contributed by atoms with van der Waals surface area (Å²) in [6.45, 7) is 4.47. The number of ketones is 1. The summed E-state index contributed by atoms with van der Waals surface area (Å²) in [6, 6.07) is 12.2. The van der Waals surface area contributed by atoms with Crippen LogP contribution in [0.25, 0.3) is 0 Å². The van der Waals surface area contributed by atoms with Crippen LogP contribution in [0.15, 0.2) is 41.4 Å². The van der Waals surface area contributed by atoms with Crippen LogP contribution < -0.4 is 9.47 Å². The minimum atomic E-state index is -0.302. The van der Waals surface area contributed by atoms with Gasteiger partial charge in [-0.05, 0) is 76.9 Å². The number of aliphatic imine (C=N–C) groups is 1. The monoisotopic (exact) mass is 476 g/mol. The first-order chi connectivity index (χ1) is 17.0. The molecule has 0 spiro atoms. The molecule has 1 saturated carbocycles. The SMILES string of the molecule is CCOc1cc2c(cc1OC)C(c1ccc(C(=O)C3CCN(C)CC3)cc1)=NC1CCC(O)CC21. The summed E-state index contributed by atoms with van der Waals surface area (Å²) in [6.07, 6.45) is 3.88. The minimum absolute atomic E-state index is 0.112. The second kappa shape index (κ2) is 10.1. The average Bonchev–Trinajstić information content (AvgIpc) is 2.88. The van der Waals surface area contributed by atoms with E-state index in [1.54, 1.807) is 7.11 Å². The second-order valence-electron chi connectivity index (χ2n) is 10.2. The van der Waals surface area contributed by atoms with Crippen molar-refractivity contribution < 1.29 is 19.4 Å². The van der Waals surface area contributed by atoms with Crippen molar-refractivity contribution >= 4 is 11.5 Å². The number of methoxy groups -OCH3 is 1. The molecule has 3 atom stereocenters. The van der Waals surface area contributed by atoms with E-state index in [1.165, 1.54) is 0 Å². The third-order valence-corrected chi connectivity index (χ3v) is 7.90. The van der Waals surface area contributed by atoms with E-state index in [-0.39, 0.29) is 29.8 Å². The van der Waals surface area contributed by atoms with Crippen LogP contribution >= 0.6 is 0 Å². The van der Waals surface area contributed by atoms with Gasteiger partial charge in [0, 0.05) is 28.5 Å². The van der Waals surface area contributed by atoms with Crippen molar-refractivity contribution in [2.45, 2.75) is 57.1 Å². The van der Waals surface area contributed by atoms with Crippen molar-refractivity contribution in [1.29, 1.82) is 0 Å². The van der Waals surface area contributed by atoms with Crippen LogP contribution in [0.2, 0.25) is 0 Å². The third kappa shape index (κ3) is 4.74. The molecule has 0 aromatic heterocycles. The molecule has 3 unspecified atom stereocenters. The van der Waals surface area contributed by atoms with Crippen molar-refractivity contribution in [3.05, 3.63) is 58.7 Å². The molecule has 0 amide bonds. The summed E-state index contributed by atoms with van der Waals surface area (Å²) in [5, 5.41) is 10.4. The molecular weight excluding hydrogens is 440 g/mol. The van der Waals surface area contributed by atoms with E-state index in [2.05, 4.69) is 18.0 Å². The van der Waals surface area contributed by atoms with E-state index >= 15 is 0 Å². The Morgan fingerprint density at radius 1 is 1.09 bits per heavy atom. The summed E-state index contributed by atoms with van der Waals surface area (Å²) >= 11 is 0. The maximum absolute atomic E-state index is 13.1. The van der Waals surface area contributed by atoms with Crippen LogP contribution in [0.4, 0.5) is 0 Å². The fraction of sp³-hybridized carbons (Fsp3) is 0.517. The number of hydrogen-bond donors (Lipinski definition) is 1. The van der Waals surface area contributed by atoms with Crippen molar-refractivity contribution in [3.63, 3.8) is 0 Å². The molecule has 2 heterocycles. The van der Waals surface area contributed by atoms with E-state index in [9.17, 15) is 9.90 Å². The number of likely N-dealkylation sites (tertiary alicyclic amines) is 1. The number of piperidine rings is 1. The fourth-order valence-electron chi connectivity index (χ4n) is 5.90. The molecule has 2 fully saturated rings. The number of aliphatic hydroxyl groups is 1. The molecular formula is C29H36N2O4. The molecule has 6 nitrogen and oxygen atoms in total. The molecule has 6 heteroatoms. The Balaban J connectivity index is 1.49. The van der Waals surface area contributed by atoms with Gasteiger partial charge in [-0.3, -0.25) is 9.79 Å². The lowest BCUT2D eigenvalue weighted by Gasteiger charge is -2.37. The predicted molar refractivity (Wildman–Crippen MR) is 137 cm³/mol. The second-order valence-corrected chi connectivity index (χ2v) is 10.2. The third-order valence-electron chi connectivity index (χ3n) is 7.90. The van der Waals surface area contributed by atoms with Crippen LogP contribution in [0.3, 0.4) is 0 Å². The Bertz CT molecular complexity index is 1100. The molecule has 35 heavy (non-hydrogen) atoms. The molecule has 1 N–H and O–H groups in total. The first-order valence-corrected chi connectivity index (χ1v) is 12.9. The fourth-order valence-corrected chi connectivity index (χ4v) is 5.90. The van der Waals surface area contributed by atoms with Crippen LogP contribution in [-0.4, -0.2) is 67.5 Å². The molecule has 186 valence electrons. The number of carbonyl (C=O) groups excluding carboxylic acids is 1. The molecule has 0 bridgehead atoms. The maximum atomic E-state index is 13.1. The van der Waals surface area contributed by atoms with E-state index in [1.807, 2.05) is 37.3 Å². The molecule has 5 rings (SSSR count). The normalized spacial score (nSPS) is 24.8. The minimum Gasteiger partial charge on any atom is -0.493 e. The Morgan fingerprint density at radius 2 is 1.83 bits per heavy atom. The number of aliphatic hydroxyl groups excluding tert-OH is 1. The molecule has 1 aliphatic carbocycles. The number of ether oxygens (including phenoxy) is 2. The average molecular weight is 477 g/mol. The highest BCUT2D eigenvalue weighted by Gasteiger charge is 2.37. The Hall–Kier alpha value is -2.70. The topological polar surface area (TPSA) is 71.4 Å². The molecule has 2 aromatic carbocycles. The van der Waals surface area contributed by atoms with Crippen molar-refractivity contribution in [3.8, 4) is 11.5 Å². The van der Waals surface area contributed by atoms with Gasteiger partial charge in [0.15, 0.2) is 17.3 Å². The molecule has 0 radical (unpaired) electrons. The molecule has 2 aliphatic heterocycles. The van der Waals surface area contributed by atoms with Crippen molar-refractivity contribution in [2.24, 2.45) is 10.9 Å². The summed E-state index contributed by atoms with van der Waals surface area (Å²) in [4.78, 5) is 20.6. The maximum Gasteiger partial charge on any atom is 0.166 e. The summed E-state index contributed by atoms with van der Waals surface area (Å²) in [5.41, 5.74) is 4.90. The highest BCUT2D eigenvalue weighted by molar-refractivity contribution is 6.15. The van der Waals surface area contributed by atoms with Crippen LogP contribution in [-0.2, 0) is 0 Å². The van der Waals surface area contributed by atoms with Crippen molar-refractivity contribution in [2.75, 3.05) is 33.9 Å². The standard InChI is InChI=1S/C29H36N2O4/c1-4-35-27-16-22-23-15-21(32)9-10-25(23)30-28(24(22)17-26(27)34-3)18-5-7-19(8-6-18)29(33)20-11-13-31(2)14-12-20/h5-8,16-17,20-21,23,25,32H,4,9-15H2,1-3H3. The Labute approximate surface area is 208 Å². The largest absolute Gasteiger partial charge is 0.493 e. The number of fused-ring (bicyclic) bond motifs is 3. The summed E-state index contributed by atoms with van der Waals surface area (Å²) < 4.78 is 11.5. The Kier molecular flexibility index (Phi) is 6.94. The number of Topliss-reactive ketones (excluding diaryl/α,β-unsaturated/α-hetero) is 1. The number of benzene rings is 2. The predicted octanol–water partition coefficient (Wildman–Crippen LogP) is 4.47.